The first-order chi connectivity index (χ1) is 48.5. The molecule has 6 aromatic carbocycles. The summed E-state index contributed by atoms with van der Waals surface area (Å²) in [5.74, 6) is 5.16. The standard InChI is InChI=1S/2C45H65N3O6/c2*1-40(2,3)29-19-26(20-30(37(29)49)41(4,5)6)52-35-25-36(53-27-21-31(42(7,8)9)38(50)32(22-27)43(10,11)12)47-48(46-35)54-28-23-33(44(13,14)15)39(51)34(24-28)45(16,17)18/h2*19-25,46,49-51H,1-18H3. The second-order valence-electron chi connectivity index (χ2n) is 41.5. The summed E-state index contributed by atoms with van der Waals surface area (Å²) in [6.07, 6.45) is 3.28. The van der Waals surface area contributed by atoms with Gasteiger partial charge in [-0.25, -0.2) is 10.9 Å². The van der Waals surface area contributed by atoms with Gasteiger partial charge in [-0.05, 0) is 148 Å². The molecule has 2 heterocycles. The molecule has 8 N–H and O–H groups in total. The fourth-order valence-corrected chi connectivity index (χ4v) is 12.6. The van der Waals surface area contributed by atoms with Crippen LogP contribution in [0.2, 0.25) is 0 Å². The van der Waals surface area contributed by atoms with E-state index < -0.39 is 0 Å². The third-order valence-corrected chi connectivity index (χ3v) is 18.8. The predicted molar refractivity (Wildman–Crippen MR) is 438 cm³/mol. The zero-order valence-corrected chi connectivity index (χ0v) is 72.0. The van der Waals surface area contributed by atoms with E-state index in [2.05, 4.69) is 104 Å². The van der Waals surface area contributed by atoms with Crippen LogP contribution in [0.15, 0.2) is 107 Å². The molecule has 8 rings (SSSR count). The molecule has 0 amide bonds. The van der Waals surface area contributed by atoms with Crippen LogP contribution in [0.3, 0.4) is 0 Å². The number of aromatic hydroxyl groups is 6. The number of hydrazine groups is 2. The maximum Gasteiger partial charge on any atom is 0.247 e. The first kappa shape index (κ1) is 86.2. The van der Waals surface area contributed by atoms with Gasteiger partial charge in [-0.2, -0.15) is 0 Å². The maximum absolute atomic E-state index is 11.4. The first-order valence-electron chi connectivity index (χ1n) is 37.6. The number of hydrazone groups is 2. The fourth-order valence-electron chi connectivity index (χ4n) is 12.6. The van der Waals surface area contributed by atoms with Crippen LogP contribution < -0.4 is 39.5 Å². The van der Waals surface area contributed by atoms with E-state index in [9.17, 15) is 30.6 Å². The van der Waals surface area contributed by atoms with Crippen molar-refractivity contribution >= 4 is 11.8 Å². The van der Waals surface area contributed by atoms with Crippen LogP contribution in [-0.4, -0.2) is 53.0 Å². The molecule has 18 nitrogen and oxygen atoms in total. The molecule has 0 unspecified atom stereocenters. The van der Waals surface area contributed by atoms with Crippen molar-refractivity contribution in [3.8, 4) is 69.0 Å². The molecule has 2 aliphatic rings. The molecule has 6 aromatic rings. The number of nitrogens with zero attached hydrogens (tertiary/aromatic N) is 4. The van der Waals surface area contributed by atoms with Crippen molar-refractivity contribution in [3.63, 3.8) is 0 Å². The smallest absolute Gasteiger partial charge is 0.247 e. The highest BCUT2D eigenvalue weighted by Crippen LogP contribution is 2.49. The van der Waals surface area contributed by atoms with E-state index in [4.69, 9.17) is 28.6 Å². The summed E-state index contributed by atoms with van der Waals surface area (Å²) in [7, 11) is 0. The Kier molecular flexibility index (Phi) is 23.5. The first-order valence-corrected chi connectivity index (χ1v) is 37.6. The van der Waals surface area contributed by atoms with E-state index in [1.165, 1.54) is 10.6 Å². The molecule has 0 aliphatic carbocycles. The third kappa shape index (κ3) is 20.8. The lowest BCUT2D eigenvalue weighted by Crippen LogP contribution is -2.42. The molecule has 0 spiro atoms. The van der Waals surface area contributed by atoms with Gasteiger partial charge in [-0.15, -0.1) is 0 Å². The van der Waals surface area contributed by atoms with E-state index in [-0.39, 0.29) is 123 Å². The van der Waals surface area contributed by atoms with E-state index in [0.717, 1.165) is 66.8 Å². The van der Waals surface area contributed by atoms with Gasteiger partial charge in [0.1, 0.15) is 57.5 Å². The third-order valence-electron chi connectivity index (χ3n) is 18.8. The molecule has 0 atom stereocenters. The van der Waals surface area contributed by atoms with Crippen molar-refractivity contribution in [2.45, 2.75) is 314 Å². The Morgan fingerprint density at radius 2 is 0.361 bits per heavy atom. The molecule has 0 fully saturated rings. The lowest BCUT2D eigenvalue weighted by molar-refractivity contribution is -0.107. The Hall–Kier alpha value is -9.06. The van der Waals surface area contributed by atoms with E-state index in [1.807, 2.05) is 239 Å². The van der Waals surface area contributed by atoms with Crippen LogP contribution in [0.4, 0.5) is 0 Å². The highest BCUT2D eigenvalue weighted by Gasteiger charge is 2.36. The summed E-state index contributed by atoms with van der Waals surface area (Å²) in [4.78, 5) is 12.8. The largest absolute Gasteiger partial charge is 0.507 e. The molecule has 0 aromatic heterocycles. The summed E-state index contributed by atoms with van der Waals surface area (Å²) < 4.78 is 26.1. The van der Waals surface area contributed by atoms with Crippen molar-refractivity contribution in [2.24, 2.45) is 10.2 Å². The van der Waals surface area contributed by atoms with Gasteiger partial charge in [0.25, 0.3) is 0 Å². The number of benzene rings is 6. The number of phenols is 6. The van der Waals surface area contributed by atoms with Crippen LogP contribution in [0.25, 0.3) is 0 Å². The molecular formula is C90H130N6O12. The predicted octanol–water partition coefficient (Wildman–Crippen LogP) is 22.0. The van der Waals surface area contributed by atoms with Crippen LogP contribution in [0, 0.1) is 0 Å². The molecular weight excluding hydrogens is 1360 g/mol. The van der Waals surface area contributed by atoms with Gasteiger partial charge in [0, 0.05) is 66.8 Å². The molecule has 108 heavy (non-hydrogen) atoms. The van der Waals surface area contributed by atoms with Crippen LogP contribution in [0.1, 0.15) is 316 Å². The lowest BCUT2D eigenvalue weighted by atomic mass is 9.79. The lowest BCUT2D eigenvalue weighted by Gasteiger charge is -2.31. The summed E-state index contributed by atoms with van der Waals surface area (Å²) in [6.45, 7) is 73.7. The topological polar surface area (TPSA) is 232 Å². The van der Waals surface area contributed by atoms with Crippen molar-refractivity contribution in [1.29, 1.82) is 0 Å². The monoisotopic (exact) mass is 1490 g/mol. The van der Waals surface area contributed by atoms with Crippen molar-refractivity contribution < 1.29 is 59.3 Å². The van der Waals surface area contributed by atoms with Gasteiger partial charge >= 0.3 is 0 Å². The van der Waals surface area contributed by atoms with Gasteiger partial charge in [0.2, 0.25) is 23.6 Å². The number of hydrogen-bond donors (Lipinski definition) is 8. The highest BCUT2D eigenvalue weighted by molar-refractivity contribution is 5.91. The van der Waals surface area contributed by atoms with E-state index in [0.29, 0.717) is 34.5 Å². The highest BCUT2D eigenvalue weighted by atomic mass is 16.8. The minimum Gasteiger partial charge on any atom is -0.507 e. The number of hydrogen-bond acceptors (Lipinski definition) is 18. The molecule has 0 radical (unpaired) electrons. The van der Waals surface area contributed by atoms with Gasteiger partial charge in [0.15, 0.2) is 11.5 Å². The number of phenolic OH excluding ortho intramolecular Hbond substituents is 6. The molecule has 0 bridgehead atoms. The van der Waals surface area contributed by atoms with Crippen LogP contribution in [0.5, 0.6) is 69.0 Å². The quantitative estimate of drug-likeness (QED) is 0.0637. The van der Waals surface area contributed by atoms with Crippen LogP contribution in [-0.2, 0) is 65.0 Å². The maximum atomic E-state index is 11.4. The summed E-state index contributed by atoms with van der Waals surface area (Å²) in [5, 5.41) is 79.9. The Bertz CT molecular complexity index is 3970. The molecule has 2 aliphatic heterocycles. The summed E-state index contributed by atoms with van der Waals surface area (Å²) in [6, 6.07) is 22.0. The molecule has 592 valence electrons. The Balaban J connectivity index is 0.000000301. The second-order valence-corrected chi connectivity index (χ2v) is 41.5. The van der Waals surface area contributed by atoms with E-state index in [1.54, 1.807) is 12.2 Å². The zero-order chi connectivity index (χ0) is 82.3. The fraction of sp³-hybridized carbons (Fsp3) is 0.533. The molecule has 0 saturated heterocycles. The number of ether oxygens (including phenoxy) is 4. The van der Waals surface area contributed by atoms with Gasteiger partial charge < -0.3 is 59.3 Å². The van der Waals surface area contributed by atoms with Gasteiger partial charge in [-0.3, -0.25) is 0 Å². The van der Waals surface area contributed by atoms with Crippen LogP contribution >= 0.6 is 0 Å². The number of nitrogens with one attached hydrogen (secondary N) is 2. The van der Waals surface area contributed by atoms with Gasteiger partial charge in [0.05, 0.1) is 12.2 Å². The van der Waals surface area contributed by atoms with Crippen molar-refractivity contribution in [1.82, 2.24) is 21.4 Å². The van der Waals surface area contributed by atoms with Crippen molar-refractivity contribution in [2.75, 3.05) is 0 Å². The summed E-state index contributed by atoms with van der Waals surface area (Å²) >= 11 is 0. The molecule has 18 heteroatoms. The minimum absolute atomic E-state index is 0.158. The van der Waals surface area contributed by atoms with E-state index >= 15 is 0 Å². The van der Waals surface area contributed by atoms with Crippen molar-refractivity contribution in [3.05, 3.63) is 163 Å². The Morgan fingerprint density at radius 1 is 0.222 bits per heavy atom. The average Bonchev–Trinajstić information content (AvgIpc) is 0.805. The summed E-state index contributed by atoms with van der Waals surface area (Å²) in [5.41, 5.74) is 10.7. The molecule has 0 saturated carbocycles. The number of rotatable bonds is 10. The zero-order valence-electron chi connectivity index (χ0n) is 72.0. The SMILES string of the molecule is CC(C)(C)c1cc(OC2=CC(Oc3cc(C(C)(C)C)c(O)c(C(C)(C)C)c3)=NN(Oc3cc(C(C)(C)C)c(O)c(C(C)(C)C)c3)N2)cc(C(C)(C)C)c1O.CC(C)(C)c1cc(OC2=CC(Oc3cc(C(C)(C)C)c(O)c(C(C)(C)C)c3)=NN(Oc3cc(C(C)(C)C)c(O)c(C(C)(C)C)c3)N2)cc(C(C)(C)C)c1O. The Morgan fingerprint density at radius 3 is 0.509 bits per heavy atom. The second kappa shape index (κ2) is 29.4. The average molecular weight is 1490 g/mol. The van der Waals surface area contributed by atoms with Gasteiger partial charge in [-0.1, -0.05) is 259 Å². The normalized spacial score (nSPS) is 14.7. The minimum atomic E-state index is -0.382. The Labute approximate surface area is 646 Å².